The van der Waals surface area contributed by atoms with Gasteiger partial charge in [-0.25, -0.2) is 0 Å². The first kappa shape index (κ1) is 18.5. The van der Waals surface area contributed by atoms with E-state index in [4.69, 9.17) is 0 Å². The van der Waals surface area contributed by atoms with E-state index in [-0.39, 0.29) is 34.8 Å². The third-order valence-electron chi connectivity index (χ3n) is 6.70. The number of nitrogens with zero attached hydrogens (tertiary/aromatic N) is 1. The van der Waals surface area contributed by atoms with Gasteiger partial charge in [0.05, 0.1) is 23.5 Å². The van der Waals surface area contributed by atoms with Gasteiger partial charge in [0.25, 0.3) is 5.91 Å². The van der Waals surface area contributed by atoms with Gasteiger partial charge >= 0.3 is 0 Å². The smallest absolute Gasteiger partial charge is 0.256 e. The number of hydrogen-bond donors (Lipinski definition) is 1. The number of aromatic carboxylic acids is 1. The molecule has 3 fully saturated rings. The maximum Gasteiger partial charge on any atom is 0.256 e. The van der Waals surface area contributed by atoms with Crippen molar-refractivity contribution in [1.82, 2.24) is 0 Å². The third kappa shape index (κ3) is 2.73. The van der Waals surface area contributed by atoms with E-state index in [1.165, 1.54) is 23.1 Å². The Balaban J connectivity index is 1.34. The first-order valence-corrected chi connectivity index (χ1v) is 10.1. The number of rotatable bonds is 4. The fourth-order valence-corrected chi connectivity index (χ4v) is 5.41. The highest BCUT2D eigenvalue weighted by atomic mass is 16.4. The summed E-state index contributed by atoms with van der Waals surface area (Å²) >= 11 is 0. The van der Waals surface area contributed by atoms with Crippen molar-refractivity contribution >= 4 is 35.1 Å². The number of carbonyl (C=O) groups excluding carboxylic acids is 4. The monoisotopic (exact) mass is 403 g/mol. The molecule has 0 unspecified atom stereocenters. The maximum absolute atomic E-state index is 12.9. The molecule has 0 aromatic heterocycles. The summed E-state index contributed by atoms with van der Waals surface area (Å²) in [6.07, 6.45) is 3.03. The van der Waals surface area contributed by atoms with Crippen molar-refractivity contribution in [3.63, 3.8) is 0 Å². The maximum atomic E-state index is 12.9. The fraction of sp³-hybridized carbons (Fsp3) is 0.304. The van der Waals surface area contributed by atoms with Crippen LogP contribution in [0.25, 0.3) is 0 Å². The van der Waals surface area contributed by atoms with Crippen LogP contribution in [0.4, 0.5) is 11.4 Å². The predicted molar refractivity (Wildman–Crippen MR) is 105 cm³/mol. The van der Waals surface area contributed by atoms with Crippen LogP contribution in [0, 0.1) is 23.7 Å². The number of carboxylic acids is 1. The molecule has 1 N–H and O–H groups in total. The summed E-state index contributed by atoms with van der Waals surface area (Å²) in [6, 6.07) is 12.2. The molecule has 30 heavy (non-hydrogen) atoms. The molecule has 1 aliphatic heterocycles. The minimum atomic E-state index is -1.43. The van der Waals surface area contributed by atoms with Gasteiger partial charge in [-0.05, 0) is 61.4 Å². The normalized spacial score (nSPS) is 26.7. The van der Waals surface area contributed by atoms with Gasteiger partial charge in [0.15, 0.2) is 0 Å². The van der Waals surface area contributed by atoms with Crippen molar-refractivity contribution in [2.24, 2.45) is 23.7 Å². The van der Waals surface area contributed by atoms with Gasteiger partial charge in [-0.1, -0.05) is 18.2 Å². The lowest BCUT2D eigenvalue weighted by atomic mass is 9.81. The van der Waals surface area contributed by atoms with Crippen LogP contribution in [0.2, 0.25) is 0 Å². The van der Waals surface area contributed by atoms with E-state index in [0.29, 0.717) is 23.2 Å². The van der Waals surface area contributed by atoms with Crippen LogP contribution >= 0.6 is 0 Å². The number of nitrogens with one attached hydrogen (secondary N) is 1. The minimum Gasteiger partial charge on any atom is -0.545 e. The zero-order chi connectivity index (χ0) is 21.0. The Morgan fingerprint density at radius 1 is 0.867 bits per heavy atom. The molecule has 2 saturated carbocycles. The molecule has 4 atom stereocenters. The Morgan fingerprint density at radius 3 is 2.00 bits per heavy atom. The Bertz CT molecular complexity index is 1050. The highest BCUT2D eigenvalue weighted by Gasteiger charge is 2.61. The molecule has 0 spiro atoms. The summed E-state index contributed by atoms with van der Waals surface area (Å²) in [5, 5.41) is 13.8. The molecule has 2 bridgehead atoms. The molecule has 5 rings (SSSR count). The zero-order valence-electron chi connectivity index (χ0n) is 16.0. The third-order valence-corrected chi connectivity index (χ3v) is 6.70. The number of imide groups is 1. The SMILES string of the molecule is O=C([O-])c1ccccc1C(=O)Nc1ccc(N2C(=O)[C@@H]3[C@H]4CC[C@@H](C4)[C@@H]3C2=O)cc1. The van der Waals surface area contributed by atoms with Gasteiger partial charge in [-0.2, -0.15) is 0 Å². The van der Waals surface area contributed by atoms with Crippen LogP contribution < -0.4 is 15.3 Å². The first-order chi connectivity index (χ1) is 14.5. The number of fused-ring (bicyclic) bond motifs is 5. The molecule has 2 aliphatic carbocycles. The highest BCUT2D eigenvalue weighted by Crippen LogP contribution is 2.56. The van der Waals surface area contributed by atoms with E-state index in [0.717, 1.165) is 19.3 Å². The molecule has 7 heteroatoms. The highest BCUT2D eigenvalue weighted by molar-refractivity contribution is 6.22. The number of amides is 3. The van der Waals surface area contributed by atoms with Gasteiger partial charge in [-0.3, -0.25) is 19.3 Å². The standard InChI is InChI=1S/C23H20N2O5/c26-20(16-3-1-2-4-17(16)23(29)30)24-14-7-9-15(10-8-14)25-21(27)18-12-5-6-13(11-12)19(18)22(25)28/h1-4,7-10,12-13,18-19H,5-6,11H2,(H,24,26)(H,29,30)/p-1/t12-,13-,18-,19+/m0/s1. The van der Waals surface area contributed by atoms with Crippen molar-refractivity contribution in [3.05, 3.63) is 59.7 Å². The van der Waals surface area contributed by atoms with E-state index in [2.05, 4.69) is 5.32 Å². The largest absolute Gasteiger partial charge is 0.545 e. The lowest BCUT2D eigenvalue weighted by molar-refractivity contribution is -0.255. The molecule has 1 heterocycles. The van der Waals surface area contributed by atoms with Crippen LogP contribution in [0.15, 0.2) is 48.5 Å². The first-order valence-electron chi connectivity index (χ1n) is 10.1. The molecule has 7 nitrogen and oxygen atoms in total. The second-order valence-electron chi connectivity index (χ2n) is 8.23. The Kier molecular flexibility index (Phi) is 4.20. The van der Waals surface area contributed by atoms with Crippen molar-refractivity contribution in [2.75, 3.05) is 10.2 Å². The summed E-state index contributed by atoms with van der Waals surface area (Å²) in [7, 11) is 0. The summed E-state index contributed by atoms with van der Waals surface area (Å²) in [6.45, 7) is 0. The quantitative estimate of drug-likeness (QED) is 0.784. The van der Waals surface area contributed by atoms with Crippen molar-refractivity contribution in [2.45, 2.75) is 19.3 Å². The summed E-state index contributed by atoms with van der Waals surface area (Å²) in [4.78, 5) is 50.8. The second-order valence-corrected chi connectivity index (χ2v) is 8.23. The molecule has 0 radical (unpaired) electrons. The summed E-state index contributed by atoms with van der Waals surface area (Å²) < 4.78 is 0. The molecular formula is C23H19N2O5-. The van der Waals surface area contributed by atoms with E-state index < -0.39 is 11.9 Å². The molecule has 2 aromatic carbocycles. The van der Waals surface area contributed by atoms with Crippen LogP contribution in [0.1, 0.15) is 40.0 Å². The van der Waals surface area contributed by atoms with Gasteiger partial charge in [0.2, 0.25) is 11.8 Å². The van der Waals surface area contributed by atoms with Crippen molar-refractivity contribution in [3.8, 4) is 0 Å². The van der Waals surface area contributed by atoms with E-state index in [9.17, 15) is 24.3 Å². The van der Waals surface area contributed by atoms with Crippen molar-refractivity contribution < 1.29 is 24.3 Å². The lowest BCUT2D eigenvalue weighted by Crippen LogP contribution is -2.32. The minimum absolute atomic E-state index is 0.00484. The van der Waals surface area contributed by atoms with E-state index >= 15 is 0 Å². The van der Waals surface area contributed by atoms with E-state index in [1.807, 2.05) is 0 Å². The van der Waals surface area contributed by atoms with Crippen molar-refractivity contribution in [1.29, 1.82) is 0 Å². The fourth-order valence-electron chi connectivity index (χ4n) is 5.41. The van der Waals surface area contributed by atoms with Crippen LogP contribution in [-0.4, -0.2) is 23.7 Å². The number of carbonyl (C=O) groups is 4. The number of anilines is 2. The molecule has 3 amide bonds. The van der Waals surface area contributed by atoms with E-state index in [1.54, 1.807) is 30.3 Å². The average molecular weight is 403 g/mol. The second kappa shape index (κ2) is 6.79. The van der Waals surface area contributed by atoms with Crippen LogP contribution in [0.5, 0.6) is 0 Å². The molecular weight excluding hydrogens is 384 g/mol. The Morgan fingerprint density at radius 2 is 1.43 bits per heavy atom. The van der Waals surface area contributed by atoms with Gasteiger partial charge in [0, 0.05) is 16.8 Å². The zero-order valence-corrected chi connectivity index (χ0v) is 16.0. The van der Waals surface area contributed by atoms with Gasteiger partial charge in [-0.15, -0.1) is 0 Å². The number of carboxylic acid groups (broad SMARTS) is 1. The van der Waals surface area contributed by atoms with Gasteiger partial charge < -0.3 is 15.2 Å². The topological polar surface area (TPSA) is 107 Å². The molecule has 152 valence electrons. The number of benzene rings is 2. The summed E-state index contributed by atoms with van der Waals surface area (Å²) in [5.41, 5.74) is 0.721. The molecule has 1 saturated heterocycles. The predicted octanol–water partition coefficient (Wildman–Crippen LogP) is 1.84. The molecule has 2 aromatic rings. The lowest BCUT2D eigenvalue weighted by Gasteiger charge is -2.19. The average Bonchev–Trinajstić information content (AvgIpc) is 3.42. The van der Waals surface area contributed by atoms with Crippen LogP contribution in [-0.2, 0) is 9.59 Å². The number of hydrogen-bond acceptors (Lipinski definition) is 5. The summed E-state index contributed by atoms with van der Waals surface area (Å²) in [5.74, 6) is -1.96. The Labute approximate surface area is 172 Å². The Hall–Kier alpha value is -3.48. The molecule has 3 aliphatic rings. The van der Waals surface area contributed by atoms with Crippen LogP contribution in [0.3, 0.4) is 0 Å². The van der Waals surface area contributed by atoms with Gasteiger partial charge in [0.1, 0.15) is 0 Å².